The van der Waals surface area contributed by atoms with Crippen LogP contribution in [0.25, 0.3) is 0 Å². The van der Waals surface area contributed by atoms with Gasteiger partial charge in [-0.2, -0.15) is 0 Å². The number of carbonyl (C=O) groups excluding carboxylic acids is 1. The van der Waals surface area contributed by atoms with Crippen molar-refractivity contribution in [3.8, 4) is 5.75 Å². The van der Waals surface area contributed by atoms with E-state index >= 15 is 0 Å². The molecular weight excluding hydrogens is 425 g/mol. The van der Waals surface area contributed by atoms with Crippen LogP contribution in [0.2, 0.25) is 0 Å². The first-order valence-electron chi connectivity index (χ1n) is 9.49. The van der Waals surface area contributed by atoms with Crippen molar-refractivity contribution in [3.05, 3.63) is 53.4 Å². The van der Waals surface area contributed by atoms with Crippen molar-refractivity contribution in [2.75, 3.05) is 50.1 Å². The van der Waals surface area contributed by atoms with E-state index in [9.17, 15) is 26.7 Å². The van der Waals surface area contributed by atoms with Crippen LogP contribution in [0.1, 0.15) is 6.42 Å². The number of halogens is 5. The normalized spacial score (nSPS) is 14.4. The molecule has 2 N–H and O–H groups in total. The van der Waals surface area contributed by atoms with Gasteiger partial charge >= 0.3 is 6.03 Å². The zero-order valence-electron chi connectivity index (χ0n) is 16.3. The van der Waals surface area contributed by atoms with Gasteiger partial charge in [0.1, 0.15) is 11.4 Å². The molecule has 1 aliphatic rings. The van der Waals surface area contributed by atoms with Gasteiger partial charge in [0.2, 0.25) is 5.82 Å². The van der Waals surface area contributed by atoms with Crippen LogP contribution in [-0.4, -0.2) is 50.4 Å². The Morgan fingerprint density at radius 2 is 1.61 bits per heavy atom. The van der Waals surface area contributed by atoms with Crippen molar-refractivity contribution in [1.29, 1.82) is 0 Å². The summed E-state index contributed by atoms with van der Waals surface area (Å²) in [7, 11) is 0. The van der Waals surface area contributed by atoms with Gasteiger partial charge in [-0.25, -0.2) is 26.7 Å². The first-order chi connectivity index (χ1) is 14.9. The fourth-order valence-corrected chi connectivity index (χ4v) is 2.96. The zero-order valence-corrected chi connectivity index (χ0v) is 16.3. The molecule has 0 radical (unpaired) electrons. The number of morpholine rings is 1. The third-order valence-corrected chi connectivity index (χ3v) is 4.53. The molecule has 0 spiro atoms. The third-order valence-electron chi connectivity index (χ3n) is 4.53. The van der Waals surface area contributed by atoms with Gasteiger partial charge in [-0.3, -0.25) is 4.90 Å². The first-order valence-corrected chi connectivity index (χ1v) is 9.49. The predicted octanol–water partition coefficient (Wildman–Crippen LogP) is 4.13. The number of amides is 2. The second-order valence-corrected chi connectivity index (χ2v) is 6.71. The highest BCUT2D eigenvalue weighted by atomic mass is 19.2. The number of ether oxygens (including phenoxy) is 2. The summed E-state index contributed by atoms with van der Waals surface area (Å²) in [6.07, 6.45) is 0.776. The average molecular weight is 445 g/mol. The molecule has 1 heterocycles. The Morgan fingerprint density at radius 1 is 0.968 bits per heavy atom. The summed E-state index contributed by atoms with van der Waals surface area (Å²) < 4.78 is 77.8. The smallest absolute Gasteiger partial charge is 0.323 e. The molecule has 0 aromatic heterocycles. The minimum atomic E-state index is -2.31. The van der Waals surface area contributed by atoms with Crippen molar-refractivity contribution in [2.45, 2.75) is 6.42 Å². The SMILES string of the molecule is O=C(Nc1cccc(OCCCN2CCOCC2)c1)Nc1c(F)c(F)c(F)c(F)c1F. The summed E-state index contributed by atoms with van der Waals surface area (Å²) in [5.74, 6) is -10.4. The van der Waals surface area contributed by atoms with Crippen molar-refractivity contribution in [3.63, 3.8) is 0 Å². The van der Waals surface area contributed by atoms with E-state index in [-0.39, 0.29) is 5.69 Å². The molecule has 31 heavy (non-hydrogen) atoms. The van der Waals surface area contributed by atoms with E-state index in [1.807, 2.05) is 0 Å². The summed E-state index contributed by atoms with van der Waals surface area (Å²) in [6, 6.07) is 4.98. The lowest BCUT2D eigenvalue weighted by molar-refractivity contribution is 0.0358. The van der Waals surface area contributed by atoms with E-state index in [0.717, 1.165) is 26.1 Å². The lowest BCUT2D eigenvalue weighted by Gasteiger charge is -2.26. The Morgan fingerprint density at radius 3 is 2.29 bits per heavy atom. The molecule has 2 aromatic carbocycles. The maximum Gasteiger partial charge on any atom is 0.323 e. The Hall–Kier alpha value is -2.92. The summed E-state index contributed by atoms with van der Waals surface area (Å²) in [5, 5.41) is 3.90. The molecule has 168 valence electrons. The van der Waals surface area contributed by atoms with E-state index in [2.05, 4.69) is 10.2 Å². The number of hydrogen-bond donors (Lipinski definition) is 2. The van der Waals surface area contributed by atoms with Crippen LogP contribution >= 0.6 is 0 Å². The lowest BCUT2D eigenvalue weighted by atomic mass is 10.2. The lowest BCUT2D eigenvalue weighted by Crippen LogP contribution is -2.37. The van der Waals surface area contributed by atoms with Crippen molar-refractivity contribution in [1.82, 2.24) is 4.90 Å². The Bertz CT molecular complexity index is 910. The number of hydrogen-bond acceptors (Lipinski definition) is 4. The molecule has 1 fully saturated rings. The fraction of sp³-hybridized carbons (Fsp3) is 0.350. The highest BCUT2D eigenvalue weighted by Crippen LogP contribution is 2.27. The monoisotopic (exact) mass is 445 g/mol. The van der Waals surface area contributed by atoms with Gasteiger partial charge < -0.3 is 20.1 Å². The average Bonchev–Trinajstić information content (AvgIpc) is 2.78. The second kappa shape index (κ2) is 10.4. The summed E-state index contributed by atoms with van der Waals surface area (Å²) >= 11 is 0. The second-order valence-electron chi connectivity index (χ2n) is 6.71. The van der Waals surface area contributed by atoms with E-state index in [0.29, 0.717) is 25.6 Å². The molecule has 3 rings (SSSR count). The van der Waals surface area contributed by atoms with E-state index in [1.165, 1.54) is 12.1 Å². The van der Waals surface area contributed by atoms with E-state index in [4.69, 9.17) is 9.47 Å². The largest absolute Gasteiger partial charge is 0.493 e. The zero-order chi connectivity index (χ0) is 22.4. The van der Waals surface area contributed by atoms with Gasteiger partial charge in [-0.1, -0.05) is 6.07 Å². The van der Waals surface area contributed by atoms with Crippen LogP contribution in [0.4, 0.5) is 38.1 Å². The molecule has 6 nitrogen and oxygen atoms in total. The molecule has 2 amide bonds. The molecule has 0 saturated carbocycles. The Balaban J connectivity index is 1.54. The predicted molar refractivity (Wildman–Crippen MR) is 103 cm³/mol. The molecule has 2 aromatic rings. The number of nitrogens with zero attached hydrogens (tertiary/aromatic N) is 1. The number of anilines is 2. The highest BCUT2D eigenvalue weighted by molar-refractivity contribution is 6.00. The summed E-state index contributed by atoms with van der Waals surface area (Å²) in [6.45, 7) is 4.45. The number of benzene rings is 2. The molecule has 0 bridgehead atoms. The molecule has 11 heteroatoms. The number of urea groups is 1. The quantitative estimate of drug-likeness (QED) is 0.291. The first kappa shape index (κ1) is 22.8. The third kappa shape index (κ3) is 5.82. The van der Waals surface area contributed by atoms with Crippen LogP contribution in [0, 0.1) is 29.1 Å². The van der Waals surface area contributed by atoms with Gasteiger partial charge in [0.25, 0.3) is 0 Å². The molecule has 0 atom stereocenters. The van der Waals surface area contributed by atoms with Crippen molar-refractivity contribution in [2.24, 2.45) is 0 Å². The van der Waals surface area contributed by atoms with E-state index < -0.39 is 40.8 Å². The van der Waals surface area contributed by atoms with Gasteiger partial charge in [-0.15, -0.1) is 0 Å². The highest BCUT2D eigenvalue weighted by Gasteiger charge is 2.26. The van der Waals surface area contributed by atoms with Crippen LogP contribution in [0.5, 0.6) is 5.75 Å². The molecule has 1 aliphatic heterocycles. The molecular formula is C20H20F5N3O3. The fourth-order valence-electron chi connectivity index (χ4n) is 2.96. The maximum atomic E-state index is 13.7. The van der Waals surface area contributed by atoms with Crippen molar-refractivity contribution >= 4 is 17.4 Å². The van der Waals surface area contributed by atoms with Crippen LogP contribution in [0.15, 0.2) is 24.3 Å². The van der Waals surface area contributed by atoms with Gasteiger partial charge in [0, 0.05) is 31.4 Å². The maximum absolute atomic E-state index is 13.7. The summed E-state index contributed by atoms with van der Waals surface area (Å²) in [5.41, 5.74) is -1.24. The molecule has 0 aliphatic carbocycles. The molecule has 0 unspecified atom stereocenters. The Kier molecular flexibility index (Phi) is 7.64. The van der Waals surface area contributed by atoms with Gasteiger partial charge in [0.15, 0.2) is 23.3 Å². The number of carbonyl (C=O) groups is 1. The van der Waals surface area contributed by atoms with Gasteiger partial charge in [0.05, 0.1) is 19.8 Å². The van der Waals surface area contributed by atoms with Gasteiger partial charge in [-0.05, 0) is 18.6 Å². The minimum absolute atomic E-state index is 0.201. The topological polar surface area (TPSA) is 62.8 Å². The van der Waals surface area contributed by atoms with Crippen molar-refractivity contribution < 1.29 is 36.2 Å². The van der Waals surface area contributed by atoms with Crippen LogP contribution in [0.3, 0.4) is 0 Å². The van der Waals surface area contributed by atoms with Crippen LogP contribution < -0.4 is 15.4 Å². The van der Waals surface area contributed by atoms with Crippen LogP contribution in [-0.2, 0) is 4.74 Å². The molecule has 1 saturated heterocycles. The minimum Gasteiger partial charge on any atom is -0.493 e. The standard InChI is InChI=1S/C20H20F5N3O3/c21-14-15(22)17(24)19(18(25)16(14)23)27-20(29)26-12-3-1-4-13(11-12)31-8-2-5-28-6-9-30-10-7-28/h1,3-4,11H,2,5-10H2,(H2,26,27,29). The van der Waals surface area contributed by atoms with E-state index in [1.54, 1.807) is 17.4 Å². The Labute approximate surface area is 174 Å². The summed E-state index contributed by atoms with van der Waals surface area (Å²) in [4.78, 5) is 14.2. The number of rotatable bonds is 7. The number of nitrogens with one attached hydrogen (secondary N) is 2.